The van der Waals surface area contributed by atoms with E-state index in [2.05, 4.69) is 24.0 Å². The van der Waals surface area contributed by atoms with Crippen LogP contribution in [0.1, 0.15) is 54.4 Å². The normalized spacial score (nSPS) is 13.1. The number of amides is 2. The van der Waals surface area contributed by atoms with E-state index in [4.69, 9.17) is 10.5 Å². The van der Waals surface area contributed by atoms with E-state index in [9.17, 15) is 9.59 Å². The fraction of sp³-hybridized carbons (Fsp3) is 0.519. The average Bonchev–Trinajstić information content (AvgIpc) is 2.85. The van der Waals surface area contributed by atoms with Crippen LogP contribution in [0.25, 0.3) is 0 Å². The molecule has 0 aliphatic carbocycles. The van der Waals surface area contributed by atoms with Gasteiger partial charge in [0.05, 0.1) is 17.9 Å². The summed E-state index contributed by atoms with van der Waals surface area (Å²) >= 11 is 0. The highest BCUT2D eigenvalue weighted by Gasteiger charge is 2.23. The lowest BCUT2D eigenvalue weighted by molar-refractivity contribution is -0.132. The van der Waals surface area contributed by atoms with Gasteiger partial charge in [0.15, 0.2) is 0 Å². The molecule has 3 rings (SSSR count). The molecule has 1 fully saturated rings. The van der Waals surface area contributed by atoms with E-state index in [1.807, 2.05) is 30.0 Å². The number of aryl methyl sites for hydroxylation is 1. The fourth-order valence-corrected chi connectivity index (χ4v) is 4.38. The topological polar surface area (TPSA) is 92.0 Å². The maximum Gasteiger partial charge on any atom is 0.259 e. The first kappa shape index (κ1) is 35.7. The first-order valence-corrected chi connectivity index (χ1v) is 12.4. The minimum absolute atomic E-state index is 0. The van der Waals surface area contributed by atoms with Gasteiger partial charge in [-0.2, -0.15) is 0 Å². The number of ether oxygens (including phenoxy) is 1. The van der Waals surface area contributed by atoms with E-state index in [0.29, 0.717) is 41.9 Å². The van der Waals surface area contributed by atoms with E-state index in [-0.39, 0.29) is 49.0 Å². The van der Waals surface area contributed by atoms with Gasteiger partial charge >= 0.3 is 0 Å². The summed E-state index contributed by atoms with van der Waals surface area (Å²) < 4.78 is 6.07. The number of aromatic nitrogens is 1. The molecule has 214 valence electrons. The second-order valence-electron chi connectivity index (χ2n) is 9.54. The molecule has 0 radical (unpaired) electrons. The second-order valence-corrected chi connectivity index (χ2v) is 9.54. The van der Waals surface area contributed by atoms with Gasteiger partial charge in [-0.05, 0) is 83.0 Å². The molecular weight excluding hydrogens is 549 g/mol. The highest BCUT2D eigenvalue weighted by Crippen LogP contribution is 2.30. The van der Waals surface area contributed by atoms with Crippen LogP contribution in [-0.2, 0) is 4.79 Å². The molecule has 0 bridgehead atoms. The second kappa shape index (κ2) is 17.4. The van der Waals surface area contributed by atoms with E-state index < -0.39 is 0 Å². The van der Waals surface area contributed by atoms with Crippen LogP contribution in [0, 0.1) is 6.92 Å². The molecule has 11 heteroatoms. The number of hydrogen-bond acceptors (Lipinski definition) is 6. The van der Waals surface area contributed by atoms with Gasteiger partial charge in [0.25, 0.3) is 5.91 Å². The zero-order chi connectivity index (χ0) is 25.4. The lowest BCUT2D eigenvalue weighted by atomic mass is 10.0. The maximum absolute atomic E-state index is 12.9. The molecule has 1 saturated heterocycles. The zero-order valence-corrected chi connectivity index (χ0v) is 25.2. The number of carbonyl (C=O) groups excluding carboxylic acids is 2. The van der Waals surface area contributed by atoms with Gasteiger partial charge in [0.1, 0.15) is 11.6 Å². The molecule has 0 saturated carbocycles. The van der Waals surface area contributed by atoms with Crippen molar-refractivity contribution in [2.45, 2.75) is 51.5 Å². The van der Waals surface area contributed by atoms with Crippen molar-refractivity contribution in [2.24, 2.45) is 0 Å². The van der Waals surface area contributed by atoms with Crippen molar-refractivity contribution in [3.8, 4) is 5.75 Å². The lowest BCUT2D eigenvalue weighted by Gasteiger charge is -2.35. The number of piperidine rings is 1. The number of nitrogens with zero attached hydrogens (tertiary/aromatic N) is 4. The minimum atomic E-state index is -0.181. The lowest BCUT2D eigenvalue weighted by Crippen LogP contribution is -2.44. The van der Waals surface area contributed by atoms with Crippen molar-refractivity contribution in [3.05, 3.63) is 47.7 Å². The van der Waals surface area contributed by atoms with E-state index in [1.54, 1.807) is 24.1 Å². The Kier molecular flexibility index (Phi) is 16.3. The first-order chi connectivity index (χ1) is 16.8. The molecule has 2 amide bonds. The van der Waals surface area contributed by atoms with E-state index in [0.717, 1.165) is 50.8 Å². The van der Waals surface area contributed by atoms with Gasteiger partial charge in [0.2, 0.25) is 5.91 Å². The number of benzene rings is 1. The molecule has 1 aromatic heterocycles. The summed E-state index contributed by atoms with van der Waals surface area (Å²) in [6.07, 6.45) is 6.81. The number of halogens is 3. The van der Waals surface area contributed by atoms with Gasteiger partial charge < -0.3 is 25.2 Å². The van der Waals surface area contributed by atoms with Gasteiger partial charge in [-0.15, -0.1) is 37.2 Å². The standard InChI is InChI=1S/C27H39N5O3.3ClH/c1-20-9-11-23(31(4)27(34)21-10-12-25(28)29-19-21)24(18-20)35-17-7-5-6-8-26(33)32-15-13-22(14-16-32)30(2)3;;;/h9-12,18-19,22H,5-8,13-17H2,1-4H3,(H2,28,29);3*1H. The summed E-state index contributed by atoms with van der Waals surface area (Å²) in [5.74, 6) is 1.13. The fourth-order valence-electron chi connectivity index (χ4n) is 4.38. The van der Waals surface area contributed by atoms with Crippen LogP contribution in [0.2, 0.25) is 0 Å². The van der Waals surface area contributed by atoms with Crippen LogP contribution in [-0.4, -0.2) is 73.5 Å². The summed E-state index contributed by atoms with van der Waals surface area (Å²) in [6, 6.07) is 9.67. The third kappa shape index (κ3) is 10.1. The van der Waals surface area contributed by atoms with Crippen molar-refractivity contribution in [2.75, 3.05) is 51.5 Å². The van der Waals surface area contributed by atoms with Crippen molar-refractivity contribution in [1.29, 1.82) is 0 Å². The Balaban J connectivity index is 0.00000456. The first-order valence-electron chi connectivity index (χ1n) is 12.4. The van der Waals surface area contributed by atoms with Gasteiger partial charge in [-0.25, -0.2) is 4.98 Å². The molecule has 0 spiro atoms. The number of nitrogen functional groups attached to an aromatic ring is 1. The van der Waals surface area contributed by atoms with Crippen LogP contribution in [0.5, 0.6) is 5.75 Å². The molecule has 1 aliphatic heterocycles. The zero-order valence-electron chi connectivity index (χ0n) is 22.7. The summed E-state index contributed by atoms with van der Waals surface area (Å²) in [7, 11) is 5.94. The molecule has 0 unspecified atom stereocenters. The molecule has 2 aromatic rings. The predicted octanol–water partition coefficient (Wildman–Crippen LogP) is 5.01. The molecule has 1 aliphatic rings. The Bertz CT molecular complexity index is 1000. The predicted molar refractivity (Wildman–Crippen MR) is 162 cm³/mol. The quantitative estimate of drug-likeness (QED) is 0.391. The Morgan fingerprint density at radius 2 is 1.71 bits per heavy atom. The molecule has 2 heterocycles. The molecule has 38 heavy (non-hydrogen) atoms. The van der Waals surface area contributed by atoms with Crippen LogP contribution in [0.15, 0.2) is 36.5 Å². The minimum Gasteiger partial charge on any atom is -0.491 e. The summed E-state index contributed by atoms with van der Waals surface area (Å²) in [6.45, 7) is 4.25. The highest BCUT2D eigenvalue weighted by molar-refractivity contribution is 6.06. The summed E-state index contributed by atoms with van der Waals surface area (Å²) in [4.78, 5) is 35.3. The van der Waals surface area contributed by atoms with Crippen molar-refractivity contribution in [3.63, 3.8) is 0 Å². The highest BCUT2D eigenvalue weighted by atomic mass is 35.5. The summed E-state index contributed by atoms with van der Waals surface area (Å²) in [5, 5.41) is 0. The Labute approximate surface area is 245 Å². The number of anilines is 2. The number of nitrogens with two attached hydrogens (primary N) is 1. The average molecular weight is 591 g/mol. The Morgan fingerprint density at radius 1 is 1.03 bits per heavy atom. The number of rotatable bonds is 10. The number of hydrogen-bond donors (Lipinski definition) is 1. The van der Waals surface area contributed by atoms with Gasteiger partial charge in [0, 0.05) is 38.8 Å². The van der Waals surface area contributed by atoms with Crippen LogP contribution in [0.3, 0.4) is 0 Å². The monoisotopic (exact) mass is 589 g/mol. The molecule has 1 aromatic carbocycles. The molecular formula is C27H42Cl3N5O3. The molecule has 8 nitrogen and oxygen atoms in total. The van der Waals surface area contributed by atoms with Crippen molar-refractivity contribution in [1.82, 2.24) is 14.8 Å². The van der Waals surface area contributed by atoms with Crippen LogP contribution < -0.4 is 15.4 Å². The van der Waals surface area contributed by atoms with E-state index >= 15 is 0 Å². The van der Waals surface area contributed by atoms with E-state index in [1.165, 1.54) is 6.20 Å². The van der Waals surface area contributed by atoms with Crippen molar-refractivity contribution < 1.29 is 14.3 Å². The third-order valence-corrected chi connectivity index (χ3v) is 6.65. The number of carbonyl (C=O) groups is 2. The number of likely N-dealkylation sites (tertiary alicyclic amines) is 1. The van der Waals surface area contributed by atoms with Crippen molar-refractivity contribution >= 4 is 60.5 Å². The largest absolute Gasteiger partial charge is 0.491 e. The smallest absolute Gasteiger partial charge is 0.259 e. The third-order valence-electron chi connectivity index (χ3n) is 6.65. The Hall–Kier alpha value is -2.26. The molecule has 0 atom stereocenters. The Morgan fingerprint density at radius 3 is 2.32 bits per heavy atom. The maximum atomic E-state index is 12.9. The van der Waals surface area contributed by atoms with Gasteiger partial charge in [-0.1, -0.05) is 6.07 Å². The SMILES string of the molecule is Cc1ccc(N(C)C(=O)c2ccc(N)nc2)c(OCCCCCC(=O)N2CCC(N(C)C)CC2)c1.Cl.Cl.Cl. The molecule has 2 N–H and O–H groups in total. The number of pyridine rings is 1. The number of unbranched alkanes of at least 4 members (excludes halogenated alkanes) is 2. The van der Waals surface area contributed by atoms with Crippen LogP contribution >= 0.6 is 37.2 Å². The summed E-state index contributed by atoms with van der Waals surface area (Å²) in [5.41, 5.74) is 7.86. The van der Waals surface area contributed by atoms with Crippen LogP contribution in [0.4, 0.5) is 11.5 Å². The van der Waals surface area contributed by atoms with Gasteiger partial charge in [-0.3, -0.25) is 9.59 Å².